The smallest absolute Gasteiger partial charge is 0.0694 e. The molecule has 0 amide bonds. The van der Waals surface area contributed by atoms with Crippen LogP contribution in [-0.2, 0) is 4.74 Å². The number of ether oxygens (including phenoxy) is 1. The van der Waals surface area contributed by atoms with E-state index in [9.17, 15) is 5.11 Å². The summed E-state index contributed by atoms with van der Waals surface area (Å²) in [6, 6.07) is 0. The maximum absolute atomic E-state index is 10.0. The Morgan fingerprint density at radius 2 is 2.33 bits per heavy atom. The molecule has 2 unspecified atom stereocenters. The average Bonchev–Trinajstić information content (AvgIpc) is 2.24. The first-order valence-electron chi connectivity index (χ1n) is 6.28. The molecule has 0 bridgehead atoms. The monoisotopic (exact) mass is 213 g/mol. The van der Waals surface area contributed by atoms with Crippen LogP contribution in [0.3, 0.4) is 0 Å². The molecule has 1 heterocycles. The Balaban J connectivity index is 1.81. The lowest BCUT2D eigenvalue weighted by molar-refractivity contribution is -0.156. The fraction of sp³-hybridized carbons (Fsp3) is 1.00. The summed E-state index contributed by atoms with van der Waals surface area (Å²) in [6.45, 7) is 4.58. The van der Waals surface area contributed by atoms with E-state index in [0.717, 1.165) is 32.5 Å². The van der Waals surface area contributed by atoms with Crippen molar-refractivity contribution in [3.63, 3.8) is 0 Å². The number of aliphatic hydroxyl groups is 1. The van der Waals surface area contributed by atoms with Crippen molar-refractivity contribution in [2.24, 2.45) is 5.92 Å². The zero-order valence-corrected chi connectivity index (χ0v) is 9.67. The van der Waals surface area contributed by atoms with Gasteiger partial charge in [0.2, 0.25) is 0 Å². The van der Waals surface area contributed by atoms with E-state index in [4.69, 9.17) is 4.74 Å². The highest BCUT2D eigenvalue weighted by Gasteiger charge is 2.43. The van der Waals surface area contributed by atoms with Gasteiger partial charge < -0.3 is 15.2 Å². The second-order valence-electron chi connectivity index (χ2n) is 5.01. The molecule has 0 aromatic rings. The van der Waals surface area contributed by atoms with Crippen LogP contribution in [0.25, 0.3) is 0 Å². The average molecular weight is 213 g/mol. The third-order valence-corrected chi connectivity index (χ3v) is 3.94. The van der Waals surface area contributed by atoms with Gasteiger partial charge in [-0.3, -0.25) is 0 Å². The van der Waals surface area contributed by atoms with E-state index in [1.807, 2.05) is 0 Å². The van der Waals surface area contributed by atoms with Gasteiger partial charge >= 0.3 is 0 Å². The van der Waals surface area contributed by atoms with E-state index in [1.165, 1.54) is 19.3 Å². The Morgan fingerprint density at radius 1 is 1.53 bits per heavy atom. The summed E-state index contributed by atoms with van der Waals surface area (Å²) in [5.41, 5.74) is 0.163. The van der Waals surface area contributed by atoms with Crippen LogP contribution in [0.1, 0.15) is 39.0 Å². The molecule has 1 aliphatic heterocycles. The van der Waals surface area contributed by atoms with Crippen molar-refractivity contribution >= 4 is 0 Å². The number of aliphatic hydroxyl groups excluding tert-OH is 1. The molecule has 2 N–H and O–H groups in total. The lowest BCUT2D eigenvalue weighted by Gasteiger charge is -2.48. The normalized spacial score (nSPS) is 31.2. The van der Waals surface area contributed by atoms with E-state index in [-0.39, 0.29) is 11.7 Å². The summed E-state index contributed by atoms with van der Waals surface area (Å²) in [7, 11) is 0. The second-order valence-corrected chi connectivity index (χ2v) is 5.01. The van der Waals surface area contributed by atoms with E-state index < -0.39 is 0 Å². The Labute approximate surface area is 92.2 Å². The van der Waals surface area contributed by atoms with Crippen molar-refractivity contribution in [3.8, 4) is 0 Å². The van der Waals surface area contributed by atoms with Crippen molar-refractivity contribution in [3.05, 3.63) is 0 Å². The first-order valence-corrected chi connectivity index (χ1v) is 6.28. The van der Waals surface area contributed by atoms with Gasteiger partial charge in [-0.2, -0.15) is 0 Å². The van der Waals surface area contributed by atoms with E-state index in [2.05, 4.69) is 12.2 Å². The topological polar surface area (TPSA) is 41.5 Å². The summed E-state index contributed by atoms with van der Waals surface area (Å²) in [6.07, 6.45) is 5.62. The first-order chi connectivity index (χ1) is 7.26. The molecule has 3 heteroatoms. The van der Waals surface area contributed by atoms with Gasteiger partial charge in [0.25, 0.3) is 0 Å². The van der Waals surface area contributed by atoms with E-state index >= 15 is 0 Å². The van der Waals surface area contributed by atoms with Gasteiger partial charge in [0.1, 0.15) is 0 Å². The summed E-state index contributed by atoms with van der Waals surface area (Å²) in [4.78, 5) is 0. The second kappa shape index (κ2) is 4.81. The number of rotatable bonds is 4. The molecule has 3 nitrogen and oxygen atoms in total. The van der Waals surface area contributed by atoms with Gasteiger partial charge in [-0.05, 0) is 44.6 Å². The van der Waals surface area contributed by atoms with Gasteiger partial charge in [-0.1, -0.05) is 6.92 Å². The number of hydrogen-bond acceptors (Lipinski definition) is 3. The van der Waals surface area contributed by atoms with Crippen LogP contribution in [0.4, 0.5) is 0 Å². The summed E-state index contributed by atoms with van der Waals surface area (Å²) < 4.78 is 5.85. The highest BCUT2D eigenvalue weighted by molar-refractivity contribution is 4.95. The lowest BCUT2D eigenvalue weighted by atomic mass is 9.71. The molecular formula is C12H23NO2. The molecule has 15 heavy (non-hydrogen) atoms. The van der Waals surface area contributed by atoms with Crippen molar-refractivity contribution in [1.82, 2.24) is 5.32 Å². The molecule has 2 atom stereocenters. The molecule has 1 saturated carbocycles. The minimum Gasteiger partial charge on any atom is -0.392 e. The number of nitrogens with one attached hydrogen (secondary N) is 1. The molecule has 1 spiro atoms. The molecule has 2 fully saturated rings. The molecule has 0 aromatic carbocycles. The van der Waals surface area contributed by atoms with Crippen LogP contribution in [0.2, 0.25) is 0 Å². The molecular weight excluding hydrogens is 190 g/mol. The molecule has 88 valence electrons. The Morgan fingerprint density at radius 3 is 2.93 bits per heavy atom. The van der Waals surface area contributed by atoms with Crippen LogP contribution in [0.15, 0.2) is 0 Å². The largest absolute Gasteiger partial charge is 0.392 e. The maximum Gasteiger partial charge on any atom is 0.0694 e. The summed E-state index contributed by atoms with van der Waals surface area (Å²) in [5, 5.41) is 13.3. The van der Waals surface area contributed by atoms with E-state index in [0.29, 0.717) is 5.92 Å². The Bertz CT molecular complexity index is 204. The molecule has 2 aliphatic rings. The lowest BCUT2D eigenvalue weighted by Crippen LogP contribution is -2.49. The maximum atomic E-state index is 10.0. The predicted octanol–water partition coefficient (Wildman–Crippen LogP) is 1.31. The van der Waals surface area contributed by atoms with Crippen LogP contribution >= 0.6 is 0 Å². The standard InChI is InChI=1S/C12H23NO2/c1-2-13-9-11(14)10-4-7-15-12(8-10)5-3-6-12/h10-11,13-14H,2-9H2,1H3. The quantitative estimate of drug-likeness (QED) is 0.740. The fourth-order valence-corrected chi connectivity index (χ4v) is 2.77. The van der Waals surface area contributed by atoms with Gasteiger partial charge in [-0.25, -0.2) is 0 Å². The van der Waals surface area contributed by atoms with Crippen molar-refractivity contribution < 1.29 is 9.84 Å². The zero-order chi connectivity index (χ0) is 10.7. The molecule has 0 radical (unpaired) electrons. The summed E-state index contributed by atoms with van der Waals surface area (Å²) >= 11 is 0. The first kappa shape index (κ1) is 11.4. The van der Waals surface area contributed by atoms with Gasteiger partial charge in [0.05, 0.1) is 11.7 Å². The molecule has 0 aromatic heterocycles. The molecule has 1 aliphatic carbocycles. The van der Waals surface area contributed by atoms with Crippen molar-refractivity contribution in [2.45, 2.75) is 50.7 Å². The summed E-state index contributed by atoms with van der Waals surface area (Å²) in [5.74, 6) is 0.443. The minimum atomic E-state index is -0.189. The predicted molar refractivity (Wildman–Crippen MR) is 59.8 cm³/mol. The fourth-order valence-electron chi connectivity index (χ4n) is 2.77. The van der Waals surface area contributed by atoms with Crippen LogP contribution in [-0.4, -0.2) is 36.5 Å². The van der Waals surface area contributed by atoms with Gasteiger partial charge in [0, 0.05) is 13.2 Å². The number of hydrogen-bond donors (Lipinski definition) is 2. The van der Waals surface area contributed by atoms with Crippen molar-refractivity contribution in [2.75, 3.05) is 19.7 Å². The van der Waals surface area contributed by atoms with Gasteiger partial charge in [0.15, 0.2) is 0 Å². The minimum absolute atomic E-state index is 0.163. The van der Waals surface area contributed by atoms with Crippen LogP contribution in [0.5, 0.6) is 0 Å². The highest BCUT2D eigenvalue weighted by atomic mass is 16.5. The van der Waals surface area contributed by atoms with Gasteiger partial charge in [-0.15, -0.1) is 0 Å². The molecule has 1 saturated heterocycles. The third-order valence-electron chi connectivity index (χ3n) is 3.94. The highest BCUT2D eigenvalue weighted by Crippen LogP contribution is 2.44. The molecule has 2 rings (SSSR count). The number of likely N-dealkylation sites (N-methyl/N-ethyl adjacent to an activating group) is 1. The SMILES string of the molecule is CCNCC(O)C1CCOC2(CCC2)C1. The van der Waals surface area contributed by atoms with E-state index in [1.54, 1.807) is 0 Å². The Hall–Kier alpha value is -0.120. The van der Waals surface area contributed by atoms with Crippen LogP contribution < -0.4 is 5.32 Å². The van der Waals surface area contributed by atoms with Crippen molar-refractivity contribution in [1.29, 1.82) is 0 Å². The zero-order valence-electron chi connectivity index (χ0n) is 9.67. The van der Waals surface area contributed by atoms with Crippen LogP contribution in [0, 0.1) is 5.92 Å². The third kappa shape index (κ3) is 2.52. The Kier molecular flexibility index (Phi) is 3.65.